The standard InChI is InChI=1S/C16H28N2O4/c1-13(2)11-18(10-8-16(21)22)15(20)12-17-9-6-4-3-5-7-14(17)19/h13H,3-12H2,1-2H3,(H,21,22). The number of nitrogens with zero attached hydrogens (tertiary/aromatic N) is 2. The molecule has 0 aromatic rings. The molecule has 1 saturated heterocycles. The summed E-state index contributed by atoms with van der Waals surface area (Å²) in [4.78, 5) is 38.5. The van der Waals surface area contributed by atoms with E-state index in [0.29, 0.717) is 19.5 Å². The molecule has 1 aliphatic heterocycles. The monoisotopic (exact) mass is 312 g/mol. The SMILES string of the molecule is CC(C)CN(CCC(=O)O)C(=O)CN1CCCCCCC1=O. The third-order valence-corrected chi connectivity index (χ3v) is 3.78. The summed E-state index contributed by atoms with van der Waals surface area (Å²) in [7, 11) is 0. The van der Waals surface area contributed by atoms with Gasteiger partial charge in [0.15, 0.2) is 0 Å². The smallest absolute Gasteiger partial charge is 0.305 e. The van der Waals surface area contributed by atoms with Crippen LogP contribution in [0.4, 0.5) is 0 Å². The molecular weight excluding hydrogens is 284 g/mol. The van der Waals surface area contributed by atoms with Crippen molar-refractivity contribution in [2.24, 2.45) is 5.92 Å². The van der Waals surface area contributed by atoms with E-state index < -0.39 is 5.97 Å². The van der Waals surface area contributed by atoms with Gasteiger partial charge in [0.25, 0.3) is 0 Å². The fourth-order valence-corrected chi connectivity index (χ4v) is 2.63. The zero-order chi connectivity index (χ0) is 16.5. The molecule has 0 atom stereocenters. The van der Waals surface area contributed by atoms with Gasteiger partial charge in [-0.05, 0) is 18.8 Å². The Kier molecular flexibility index (Phi) is 7.91. The Hall–Kier alpha value is -1.59. The highest BCUT2D eigenvalue weighted by Gasteiger charge is 2.22. The zero-order valence-electron chi connectivity index (χ0n) is 13.7. The molecule has 0 aromatic carbocycles. The van der Waals surface area contributed by atoms with Crippen molar-refractivity contribution in [3.05, 3.63) is 0 Å². The zero-order valence-corrected chi connectivity index (χ0v) is 13.7. The van der Waals surface area contributed by atoms with Crippen molar-refractivity contribution < 1.29 is 19.5 Å². The van der Waals surface area contributed by atoms with Gasteiger partial charge in [-0.2, -0.15) is 0 Å². The van der Waals surface area contributed by atoms with Crippen LogP contribution < -0.4 is 0 Å². The number of carboxylic acids is 1. The lowest BCUT2D eigenvalue weighted by Gasteiger charge is -2.29. The van der Waals surface area contributed by atoms with Crippen molar-refractivity contribution >= 4 is 17.8 Å². The van der Waals surface area contributed by atoms with E-state index >= 15 is 0 Å². The van der Waals surface area contributed by atoms with E-state index in [1.54, 1.807) is 9.80 Å². The highest BCUT2D eigenvalue weighted by atomic mass is 16.4. The molecular formula is C16H28N2O4. The van der Waals surface area contributed by atoms with Gasteiger partial charge in [0.2, 0.25) is 11.8 Å². The van der Waals surface area contributed by atoms with Crippen LogP contribution in [0.2, 0.25) is 0 Å². The Bertz CT molecular complexity index is 396. The van der Waals surface area contributed by atoms with Gasteiger partial charge in [-0.3, -0.25) is 14.4 Å². The molecule has 1 aliphatic rings. The highest BCUT2D eigenvalue weighted by molar-refractivity contribution is 5.85. The third kappa shape index (κ3) is 6.91. The summed E-state index contributed by atoms with van der Waals surface area (Å²) in [5.74, 6) is -0.760. The Morgan fingerprint density at radius 3 is 2.55 bits per heavy atom. The number of likely N-dealkylation sites (tertiary alicyclic amines) is 1. The Morgan fingerprint density at radius 1 is 1.23 bits per heavy atom. The molecule has 0 aromatic heterocycles. The summed E-state index contributed by atoms with van der Waals surface area (Å²) in [6.45, 7) is 5.40. The van der Waals surface area contributed by atoms with Crippen molar-refractivity contribution in [1.82, 2.24) is 9.80 Å². The van der Waals surface area contributed by atoms with E-state index in [4.69, 9.17) is 5.11 Å². The van der Waals surface area contributed by atoms with E-state index in [-0.39, 0.29) is 37.2 Å². The number of aliphatic carboxylic acids is 1. The van der Waals surface area contributed by atoms with Crippen LogP contribution in [0.25, 0.3) is 0 Å². The van der Waals surface area contributed by atoms with Gasteiger partial charge in [0, 0.05) is 26.1 Å². The number of amides is 2. The first-order chi connectivity index (χ1) is 10.4. The van der Waals surface area contributed by atoms with Gasteiger partial charge in [-0.1, -0.05) is 26.7 Å². The molecule has 2 amide bonds. The Balaban J connectivity index is 2.62. The van der Waals surface area contributed by atoms with Crippen LogP contribution in [0.1, 0.15) is 52.4 Å². The lowest BCUT2D eigenvalue weighted by molar-refractivity contribution is -0.143. The van der Waals surface area contributed by atoms with Gasteiger partial charge < -0.3 is 14.9 Å². The van der Waals surface area contributed by atoms with Crippen molar-refractivity contribution in [2.45, 2.75) is 52.4 Å². The summed E-state index contributed by atoms with van der Waals surface area (Å²) >= 11 is 0. The Morgan fingerprint density at radius 2 is 1.91 bits per heavy atom. The molecule has 1 N–H and O–H groups in total. The predicted octanol–water partition coefficient (Wildman–Crippen LogP) is 1.74. The summed E-state index contributed by atoms with van der Waals surface area (Å²) < 4.78 is 0. The lowest BCUT2D eigenvalue weighted by atomic mass is 10.1. The summed E-state index contributed by atoms with van der Waals surface area (Å²) in [6.07, 6.45) is 4.42. The summed E-state index contributed by atoms with van der Waals surface area (Å²) in [6, 6.07) is 0. The van der Waals surface area contributed by atoms with E-state index in [9.17, 15) is 14.4 Å². The van der Waals surface area contributed by atoms with Gasteiger partial charge in [-0.15, -0.1) is 0 Å². The second-order valence-corrected chi connectivity index (χ2v) is 6.36. The predicted molar refractivity (Wildman–Crippen MR) is 83.3 cm³/mol. The van der Waals surface area contributed by atoms with E-state index in [1.807, 2.05) is 13.8 Å². The fourth-order valence-electron chi connectivity index (χ4n) is 2.63. The molecule has 1 heterocycles. The van der Waals surface area contributed by atoms with Crippen molar-refractivity contribution in [3.63, 3.8) is 0 Å². The van der Waals surface area contributed by atoms with Crippen LogP contribution in [0, 0.1) is 5.92 Å². The number of rotatable bonds is 7. The van der Waals surface area contributed by atoms with Crippen LogP contribution in [0.5, 0.6) is 0 Å². The van der Waals surface area contributed by atoms with Crippen LogP contribution in [-0.4, -0.2) is 58.9 Å². The van der Waals surface area contributed by atoms with E-state index in [1.165, 1.54) is 0 Å². The van der Waals surface area contributed by atoms with Crippen molar-refractivity contribution in [1.29, 1.82) is 0 Å². The van der Waals surface area contributed by atoms with Crippen molar-refractivity contribution in [2.75, 3.05) is 26.2 Å². The lowest BCUT2D eigenvalue weighted by Crippen LogP contribution is -2.45. The molecule has 6 nitrogen and oxygen atoms in total. The van der Waals surface area contributed by atoms with Crippen LogP contribution in [-0.2, 0) is 14.4 Å². The van der Waals surface area contributed by atoms with Gasteiger partial charge in [0.1, 0.15) is 0 Å². The minimum atomic E-state index is -0.913. The molecule has 1 fully saturated rings. The number of hydrogen-bond acceptors (Lipinski definition) is 3. The second kappa shape index (κ2) is 9.43. The fraction of sp³-hybridized carbons (Fsp3) is 0.812. The topological polar surface area (TPSA) is 77.9 Å². The molecule has 22 heavy (non-hydrogen) atoms. The number of carbonyl (C=O) groups is 3. The molecule has 126 valence electrons. The average molecular weight is 312 g/mol. The Labute approximate surface area is 132 Å². The van der Waals surface area contributed by atoms with E-state index in [2.05, 4.69) is 0 Å². The van der Waals surface area contributed by atoms with Gasteiger partial charge in [-0.25, -0.2) is 0 Å². The maximum absolute atomic E-state index is 12.4. The first-order valence-electron chi connectivity index (χ1n) is 8.17. The molecule has 0 bridgehead atoms. The largest absolute Gasteiger partial charge is 0.481 e. The summed E-state index contributed by atoms with van der Waals surface area (Å²) in [5.41, 5.74) is 0. The number of hydrogen-bond donors (Lipinski definition) is 1. The first-order valence-corrected chi connectivity index (χ1v) is 8.17. The molecule has 0 unspecified atom stereocenters. The minimum absolute atomic E-state index is 0.0378. The number of carboxylic acid groups (broad SMARTS) is 1. The van der Waals surface area contributed by atoms with Crippen molar-refractivity contribution in [3.8, 4) is 0 Å². The third-order valence-electron chi connectivity index (χ3n) is 3.78. The minimum Gasteiger partial charge on any atom is -0.481 e. The maximum atomic E-state index is 12.4. The molecule has 1 rings (SSSR count). The van der Waals surface area contributed by atoms with Crippen LogP contribution in [0.15, 0.2) is 0 Å². The van der Waals surface area contributed by atoms with Crippen LogP contribution in [0.3, 0.4) is 0 Å². The van der Waals surface area contributed by atoms with Gasteiger partial charge in [0.05, 0.1) is 13.0 Å². The maximum Gasteiger partial charge on any atom is 0.305 e. The molecule has 0 radical (unpaired) electrons. The molecule has 6 heteroatoms. The quantitative estimate of drug-likeness (QED) is 0.776. The molecule has 0 aliphatic carbocycles. The average Bonchev–Trinajstić information content (AvgIpc) is 2.42. The summed E-state index contributed by atoms with van der Waals surface area (Å²) in [5, 5.41) is 8.81. The van der Waals surface area contributed by atoms with Gasteiger partial charge >= 0.3 is 5.97 Å². The molecule has 0 saturated carbocycles. The van der Waals surface area contributed by atoms with Crippen LogP contribution >= 0.6 is 0 Å². The first kappa shape index (κ1) is 18.5. The highest BCUT2D eigenvalue weighted by Crippen LogP contribution is 2.12. The normalized spacial score (nSPS) is 16.3. The second-order valence-electron chi connectivity index (χ2n) is 6.36. The van der Waals surface area contributed by atoms with E-state index in [0.717, 1.165) is 25.7 Å². The molecule has 0 spiro atoms. The number of carbonyl (C=O) groups excluding carboxylic acids is 2.